The molecule has 0 aliphatic carbocycles. The summed E-state index contributed by atoms with van der Waals surface area (Å²) >= 11 is 0. The standard InChI is InChI=1S/C40H24O2/c1-3-13-25(14-4-1)36-24-34-39-32(27-17-11-12-22-35(27)41-39)23-33(40(34)42-36)38-30-20-9-7-18-28(30)37(26-15-5-2-6-16-26)29-19-8-10-21-31(29)38/h1-24H/i7D,8D,9D,10D,18D,19D,20D,21D. The van der Waals surface area contributed by atoms with Crippen molar-refractivity contribution in [3.8, 4) is 33.6 Å². The van der Waals surface area contributed by atoms with E-state index in [0.29, 0.717) is 44.6 Å². The summed E-state index contributed by atoms with van der Waals surface area (Å²) < 4.78 is 85.3. The molecule has 0 N–H and O–H groups in total. The highest BCUT2D eigenvalue weighted by molar-refractivity contribution is 6.26. The Kier molecular flexibility index (Phi) is 3.54. The molecule has 42 heavy (non-hydrogen) atoms. The number of para-hydroxylation sites is 1. The average molecular weight is 545 g/mol. The SMILES string of the molecule is [2H]c1c([2H])c([2H])c2c(-c3cc4c5ccccc5oc4c4cc(-c5ccccc5)oc34)c3c([2H])c([2H])c([2H])c([2H])c3c(-c3ccccc3)c2c1[2H]. The van der Waals surface area contributed by atoms with Crippen molar-refractivity contribution >= 4 is 54.5 Å². The molecule has 2 heteroatoms. The molecule has 2 heterocycles. The van der Waals surface area contributed by atoms with Crippen molar-refractivity contribution in [1.29, 1.82) is 0 Å². The summed E-state index contributed by atoms with van der Waals surface area (Å²) in [6, 6.07) is 26.7. The molecule has 7 aromatic carbocycles. The zero-order valence-corrected chi connectivity index (χ0v) is 22.1. The average Bonchev–Trinajstić information content (AvgIpc) is 3.76. The summed E-state index contributed by atoms with van der Waals surface area (Å²) in [4.78, 5) is 0. The lowest BCUT2D eigenvalue weighted by Crippen LogP contribution is -1.91. The second-order valence-electron chi connectivity index (χ2n) is 10.2. The maximum absolute atomic E-state index is 9.35. The third-order valence-corrected chi connectivity index (χ3v) is 7.91. The van der Waals surface area contributed by atoms with E-state index in [-0.39, 0.29) is 51.3 Å². The van der Waals surface area contributed by atoms with Crippen LogP contribution in [0.1, 0.15) is 11.0 Å². The quantitative estimate of drug-likeness (QED) is 0.207. The van der Waals surface area contributed by atoms with Crippen molar-refractivity contribution in [2.45, 2.75) is 0 Å². The molecule has 0 aliphatic rings. The fraction of sp³-hybridized carbons (Fsp3) is 0. The van der Waals surface area contributed by atoms with Crippen molar-refractivity contribution in [2.75, 3.05) is 0 Å². The Morgan fingerprint density at radius 3 is 1.67 bits per heavy atom. The van der Waals surface area contributed by atoms with Crippen LogP contribution in [0, 0.1) is 0 Å². The van der Waals surface area contributed by atoms with Crippen molar-refractivity contribution in [2.24, 2.45) is 0 Å². The zero-order chi connectivity index (χ0) is 34.6. The monoisotopic (exact) mass is 544 g/mol. The molecule has 0 radical (unpaired) electrons. The lowest BCUT2D eigenvalue weighted by atomic mass is 9.85. The Morgan fingerprint density at radius 1 is 0.429 bits per heavy atom. The molecule has 9 rings (SSSR count). The van der Waals surface area contributed by atoms with Crippen LogP contribution in [0.3, 0.4) is 0 Å². The van der Waals surface area contributed by atoms with Crippen LogP contribution in [-0.4, -0.2) is 0 Å². The number of rotatable bonds is 3. The third kappa shape index (κ3) is 3.33. The molecule has 0 aliphatic heterocycles. The first-order valence-electron chi connectivity index (χ1n) is 17.6. The molecule has 0 atom stereocenters. The van der Waals surface area contributed by atoms with Crippen LogP contribution in [0.15, 0.2) is 154 Å². The first-order chi connectivity index (χ1) is 24.2. The molecule has 0 unspecified atom stereocenters. The van der Waals surface area contributed by atoms with Crippen LogP contribution in [-0.2, 0) is 0 Å². The van der Waals surface area contributed by atoms with Crippen molar-refractivity contribution < 1.29 is 19.8 Å². The number of benzene rings is 7. The number of hydrogen-bond donors (Lipinski definition) is 0. The van der Waals surface area contributed by atoms with E-state index in [1.54, 1.807) is 24.3 Å². The van der Waals surface area contributed by atoms with E-state index >= 15 is 0 Å². The van der Waals surface area contributed by atoms with Gasteiger partial charge < -0.3 is 8.83 Å². The molecule has 196 valence electrons. The fourth-order valence-corrected chi connectivity index (χ4v) is 6.10. The molecular weight excluding hydrogens is 512 g/mol. The Balaban J connectivity index is 1.61. The van der Waals surface area contributed by atoms with Crippen LogP contribution in [0.2, 0.25) is 0 Å². The summed E-state index contributed by atoms with van der Waals surface area (Å²) in [7, 11) is 0. The van der Waals surface area contributed by atoms with Crippen LogP contribution < -0.4 is 0 Å². The van der Waals surface area contributed by atoms with Crippen LogP contribution in [0.25, 0.3) is 88.0 Å². The predicted octanol–water partition coefficient (Wildman–Crippen LogP) is 11.6. The maximum Gasteiger partial charge on any atom is 0.146 e. The molecule has 2 aromatic heterocycles. The van der Waals surface area contributed by atoms with E-state index in [1.165, 1.54) is 0 Å². The minimum absolute atomic E-state index is 0.124. The van der Waals surface area contributed by atoms with Gasteiger partial charge in [0, 0.05) is 27.5 Å². The van der Waals surface area contributed by atoms with E-state index in [9.17, 15) is 5.48 Å². The van der Waals surface area contributed by atoms with E-state index in [4.69, 9.17) is 14.3 Å². The minimum Gasteiger partial charge on any atom is -0.455 e. The number of fused-ring (bicyclic) bond motifs is 7. The zero-order valence-electron chi connectivity index (χ0n) is 30.1. The molecule has 0 saturated heterocycles. The highest BCUT2D eigenvalue weighted by Gasteiger charge is 2.23. The summed E-state index contributed by atoms with van der Waals surface area (Å²) in [6.45, 7) is 0. The van der Waals surface area contributed by atoms with Crippen LogP contribution in [0.4, 0.5) is 0 Å². The van der Waals surface area contributed by atoms with Gasteiger partial charge in [0.2, 0.25) is 0 Å². The molecule has 0 spiro atoms. The van der Waals surface area contributed by atoms with Crippen molar-refractivity contribution in [3.63, 3.8) is 0 Å². The highest BCUT2D eigenvalue weighted by atomic mass is 16.3. The number of hydrogen-bond acceptors (Lipinski definition) is 2. The Hall–Kier alpha value is -5.60. The van der Waals surface area contributed by atoms with Gasteiger partial charge in [-0.1, -0.05) is 127 Å². The van der Waals surface area contributed by atoms with Gasteiger partial charge in [-0.3, -0.25) is 0 Å². The molecule has 0 bridgehead atoms. The first-order valence-corrected chi connectivity index (χ1v) is 13.6. The van der Waals surface area contributed by atoms with Gasteiger partial charge >= 0.3 is 0 Å². The molecule has 2 nitrogen and oxygen atoms in total. The largest absolute Gasteiger partial charge is 0.455 e. The van der Waals surface area contributed by atoms with E-state index in [0.717, 1.165) is 16.3 Å². The summed E-state index contributed by atoms with van der Waals surface area (Å²) in [5, 5.41) is 2.69. The Labute approximate surface area is 253 Å². The molecule has 0 saturated carbocycles. The van der Waals surface area contributed by atoms with Crippen LogP contribution in [0.5, 0.6) is 0 Å². The Morgan fingerprint density at radius 2 is 1.00 bits per heavy atom. The molecule has 9 aromatic rings. The van der Waals surface area contributed by atoms with Gasteiger partial charge in [-0.05, 0) is 50.9 Å². The summed E-state index contributed by atoms with van der Waals surface area (Å²) in [5.74, 6) is 0.535. The first kappa shape index (κ1) is 16.6. The minimum atomic E-state index is -0.460. The van der Waals surface area contributed by atoms with Crippen LogP contribution >= 0.6 is 0 Å². The van der Waals surface area contributed by atoms with Gasteiger partial charge in [0.05, 0.1) is 16.4 Å². The smallest absolute Gasteiger partial charge is 0.146 e. The Bertz CT molecular complexity index is 2810. The second-order valence-corrected chi connectivity index (χ2v) is 10.2. The van der Waals surface area contributed by atoms with Gasteiger partial charge in [0.25, 0.3) is 0 Å². The normalized spacial score (nSPS) is 14.5. The summed E-state index contributed by atoms with van der Waals surface area (Å²) in [6.07, 6.45) is 0. The lowest BCUT2D eigenvalue weighted by molar-refractivity contribution is 0.632. The fourth-order valence-electron chi connectivity index (χ4n) is 6.10. The number of furan rings is 2. The topological polar surface area (TPSA) is 26.3 Å². The van der Waals surface area contributed by atoms with Gasteiger partial charge in [-0.15, -0.1) is 0 Å². The second kappa shape index (κ2) is 8.95. The van der Waals surface area contributed by atoms with Gasteiger partial charge in [0.15, 0.2) is 0 Å². The third-order valence-electron chi connectivity index (χ3n) is 7.91. The maximum atomic E-state index is 9.35. The lowest BCUT2D eigenvalue weighted by Gasteiger charge is -2.18. The van der Waals surface area contributed by atoms with E-state index in [2.05, 4.69) is 0 Å². The predicted molar refractivity (Wildman–Crippen MR) is 175 cm³/mol. The van der Waals surface area contributed by atoms with Gasteiger partial charge in [0.1, 0.15) is 22.5 Å². The highest BCUT2D eigenvalue weighted by Crippen LogP contribution is 2.48. The van der Waals surface area contributed by atoms with Crippen molar-refractivity contribution in [3.05, 3.63) is 145 Å². The van der Waals surface area contributed by atoms with Gasteiger partial charge in [-0.2, -0.15) is 0 Å². The van der Waals surface area contributed by atoms with Gasteiger partial charge in [-0.25, -0.2) is 0 Å². The molecule has 0 amide bonds. The van der Waals surface area contributed by atoms with E-state index < -0.39 is 24.2 Å². The molecule has 0 fully saturated rings. The van der Waals surface area contributed by atoms with Crippen molar-refractivity contribution in [1.82, 2.24) is 0 Å². The van der Waals surface area contributed by atoms with E-state index in [1.807, 2.05) is 72.8 Å². The molecular formula is C40H24O2. The summed E-state index contributed by atoms with van der Waals surface area (Å²) in [5.41, 5.74) is 3.84.